The zero-order valence-corrected chi connectivity index (χ0v) is 14.7. The molecule has 2 N–H and O–H groups in total. The molecule has 0 aliphatic heterocycles. The summed E-state index contributed by atoms with van der Waals surface area (Å²) in [6, 6.07) is 7.27. The van der Waals surface area contributed by atoms with E-state index in [1.54, 1.807) is 0 Å². The van der Waals surface area contributed by atoms with E-state index in [0.717, 1.165) is 30.7 Å². The molecule has 3 rings (SSSR count). The highest BCUT2D eigenvalue weighted by Crippen LogP contribution is 2.35. The maximum atomic E-state index is 11.7. The van der Waals surface area contributed by atoms with Gasteiger partial charge in [0.2, 0.25) is 0 Å². The summed E-state index contributed by atoms with van der Waals surface area (Å²) >= 11 is 6.06. The predicted molar refractivity (Wildman–Crippen MR) is 91.8 cm³/mol. The van der Waals surface area contributed by atoms with Gasteiger partial charge in [0, 0.05) is 23.1 Å². The molecule has 1 fully saturated rings. The minimum absolute atomic E-state index is 0.216. The van der Waals surface area contributed by atoms with Crippen LogP contribution in [0.25, 0.3) is 0 Å². The molecule has 0 heterocycles. The summed E-state index contributed by atoms with van der Waals surface area (Å²) < 4.78 is 5.29. The average Bonchev–Trinajstić information content (AvgIpc) is 2.76. The maximum absolute atomic E-state index is 11.7. The Labute approximate surface area is 142 Å². The second kappa shape index (κ2) is 6.33. The van der Waals surface area contributed by atoms with Crippen molar-refractivity contribution in [2.24, 2.45) is 0 Å². The Morgan fingerprint density at radius 1 is 1.26 bits per heavy atom. The number of carbonyl (C=O) groups excluding carboxylic acids is 1. The smallest absolute Gasteiger partial charge is 0.407 e. The third-order valence-corrected chi connectivity index (χ3v) is 4.71. The monoisotopic (exact) mass is 336 g/mol. The molecule has 1 aromatic carbocycles. The molecule has 126 valence electrons. The number of benzene rings is 1. The molecule has 4 nitrogen and oxygen atoms in total. The third-order valence-electron chi connectivity index (χ3n) is 4.48. The minimum atomic E-state index is -0.444. The number of alkyl carbamates (subject to hydrolysis) is 1. The Hall–Kier alpha value is -1.26. The first-order chi connectivity index (χ1) is 10.8. The number of rotatable bonds is 3. The molecule has 1 amide bonds. The van der Waals surface area contributed by atoms with Crippen LogP contribution in [-0.4, -0.2) is 23.8 Å². The summed E-state index contributed by atoms with van der Waals surface area (Å²) in [5, 5.41) is 7.46. The quantitative estimate of drug-likeness (QED) is 0.878. The maximum Gasteiger partial charge on any atom is 0.407 e. The van der Waals surface area contributed by atoms with Crippen molar-refractivity contribution < 1.29 is 9.53 Å². The zero-order valence-electron chi connectivity index (χ0n) is 14.0. The summed E-state index contributed by atoms with van der Waals surface area (Å²) in [6.07, 6.45) is 3.80. The fraction of sp³-hybridized carbons (Fsp3) is 0.611. The van der Waals surface area contributed by atoms with E-state index in [2.05, 4.69) is 22.8 Å². The lowest BCUT2D eigenvalue weighted by Crippen LogP contribution is -2.53. The molecule has 0 radical (unpaired) electrons. The first-order valence-corrected chi connectivity index (χ1v) is 8.72. The van der Waals surface area contributed by atoms with Gasteiger partial charge in [-0.15, -0.1) is 0 Å². The van der Waals surface area contributed by atoms with Crippen LogP contribution in [0, 0.1) is 0 Å². The Morgan fingerprint density at radius 2 is 2.00 bits per heavy atom. The summed E-state index contributed by atoms with van der Waals surface area (Å²) in [4.78, 5) is 11.7. The lowest BCUT2D eigenvalue weighted by atomic mass is 9.86. The number of hydrogen-bond acceptors (Lipinski definition) is 3. The van der Waals surface area contributed by atoms with E-state index in [1.165, 1.54) is 11.1 Å². The topological polar surface area (TPSA) is 50.4 Å². The van der Waals surface area contributed by atoms with Crippen molar-refractivity contribution in [1.82, 2.24) is 10.6 Å². The van der Waals surface area contributed by atoms with Crippen molar-refractivity contribution in [3.05, 3.63) is 34.3 Å². The molecule has 0 saturated heterocycles. The van der Waals surface area contributed by atoms with Gasteiger partial charge < -0.3 is 15.4 Å². The van der Waals surface area contributed by atoms with E-state index in [0.29, 0.717) is 12.1 Å². The molecule has 2 aliphatic carbocycles. The SMILES string of the molecule is CC(C)(C)OC(=O)NC1CC(NC2CCc3cc(Cl)ccc32)C1. The lowest BCUT2D eigenvalue weighted by molar-refractivity contribution is 0.0463. The molecular weight excluding hydrogens is 312 g/mol. The Bertz CT molecular complexity index is 591. The molecule has 23 heavy (non-hydrogen) atoms. The van der Waals surface area contributed by atoms with E-state index in [-0.39, 0.29) is 12.1 Å². The van der Waals surface area contributed by atoms with Gasteiger partial charge in [-0.05, 0) is 69.7 Å². The van der Waals surface area contributed by atoms with Crippen LogP contribution in [0.3, 0.4) is 0 Å². The minimum Gasteiger partial charge on any atom is -0.444 e. The summed E-state index contributed by atoms with van der Waals surface area (Å²) in [6.45, 7) is 5.63. The van der Waals surface area contributed by atoms with Gasteiger partial charge >= 0.3 is 6.09 Å². The van der Waals surface area contributed by atoms with Gasteiger partial charge in [0.05, 0.1) is 0 Å². The van der Waals surface area contributed by atoms with Crippen LogP contribution in [0.1, 0.15) is 57.2 Å². The van der Waals surface area contributed by atoms with Crippen LogP contribution < -0.4 is 10.6 Å². The van der Waals surface area contributed by atoms with Gasteiger partial charge in [-0.1, -0.05) is 17.7 Å². The van der Waals surface area contributed by atoms with Crippen molar-refractivity contribution in [3.8, 4) is 0 Å². The second-order valence-corrected chi connectivity index (χ2v) is 8.05. The van der Waals surface area contributed by atoms with Gasteiger partial charge in [-0.2, -0.15) is 0 Å². The standard InChI is InChI=1S/C18H25ClN2O2/c1-18(2,3)23-17(22)21-14-9-13(10-14)20-16-7-4-11-8-12(19)5-6-15(11)16/h5-6,8,13-14,16,20H,4,7,9-10H2,1-3H3,(H,21,22). The van der Waals surface area contributed by atoms with Crippen molar-refractivity contribution in [2.75, 3.05) is 0 Å². The molecule has 0 spiro atoms. The van der Waals surface area contributed by atoms with Gasteiger partial charge in [-0.3, -0.25) is 0 Å². The second-order valence-electron chi connectivity index (χ2n) is 7.61. The molecule has 1 unspecified atom stereocenters. The predicted octanol–water partition coefficient (Wildman–Crippen LogP) is 3.97. The van der Waals surface area contributed by atoms with Crippen LogP contribution in [0.5, 0.6) is 0 Å². The Balaban J connectivity index is 1.44. The highest BCUT2D eigenvalue weighted by atomic mass is 35.5. The molecule has 0 bridgehead atoms. The largest absolute Gasteiger partial charge is 0.444 e. The Kier molecular flexibility index (Phi) is 4.56. The highest BCUT2D eigenvalue weighted by molar-refractivity contribution is 6.30. The van der Waals surface area contributed by atoms with E-state index in [9.17, 15) is 4.79 Å². The zero-order chi connectivity index (χ0) is 16.6. The molecule has 2 aliphatic rings. The van der Waals surface area contributed by atoms with Crippen molar-refractivity contribution in [2.45, 2.75) is 70.2 Å². The first-order valence-electron chi connectivity index (χ1n) is 8.34. The van der Waals surface area contributed by atoms with Crippen LogP contribution in [0.15, 0.2) is 18.2 Å². The van der Waals surface area contributed by atoms with Crippen LogP contribution in [0.4, 0.5) is 4.79 Å². The first kappa shape index (κ1) is 16.6. The number of nitrogens with one attached hydrogen (secondary N) is 2. The molecule has 1 atom stereocenters. The highest BCUT2D eigenvalue weighted by Gasteiger charge is 2.34. The molecule has 1 aromatic rings. The number of fused-ring (bicyclic) bond motifs is 1. The average molecular weight is 337 g/mol. The van der Waals surface area contributed by atoms with Crippen LogP contribution in [0.2, 0.25) is 5.02 Å². The summed E-state index contributed by atoms with van der Waals surface area (Å²) in [7, 11) is 0. The van der Waals surface area contributed by atoms with Gasteiger partial charge in [0.15, 0.2) is 0 Å². The van der Waals surface area contributed by atoms with Crippen molar-refractivity contribution >= 4 is 17.7 Å². The van der Waals surface area contributed by atoms with Crippen LogP contribution >= 0.6 is 11.6 Å². The van der Waals surface area contributed by atoms with E-state index < -0.39 is 5.60 Å². The van der Waals surface area contributed by atoms with Crippen LogP contribution in [-0.2, 0) is 11.2 Å². The summed E-state index contributed by atoms with van der Waals surface area (Å²) in [5.41, 5.74) is 2.29. The van der Waals surface area contributed by atoms with Gasteiger partial charge in [0.25, 0.3) is 0 Å². The van der Waals surface area contributed by atoms with Gasteiger partial charge in [-0.25, -0.2) is 4.79 Å². The lowest BCUT2D eigenvalue weighted by Gasteiger charge is -2.38. The molecule has 5 heteroatoms. The van der Waals surface area contributed by atoms with Crippen molar-refractivity contribution in [1.29, 1.82) is 0 Å². The molecule has 0 aromatic heterocycles. The van der Waals surface area contributed by atoms with Gasteiger partial charge in [0.1, 0.15) is 5.60 Å². The number of hydrogen-bond donors (Lipinski definition) is 2. The van der Waals surface area contributed by atoms with E-state index in [4.69, 9.17) is 16.3 Å². The number of carbonyl (C=O) groups is 1. The molecular formula is C18H25ClN2O2. The van der Waals surface area contributed by atoms with Crippen molar-refractivity contribution in [3.63, 3.8) is 0 Å². The van der Waals surface area contributed by atoms with E-state index >= 15 is 0 Å². The number of ether oxygens (including phenoxy) is 1. The normalized spacial score (nSPS) is 26.3. The third kappa shape index (κ3) is 4.18. The molecule has 1 saturated carbocycles. The fourth-order valence-corrected chi connectivity index (χ4v) is 3.58. The number of amides is 1. The summed E-state index contributed by atoms with van der Waals surface area (Å²) in [5.74, 6) is 0. The number of halogens is 1. The van der Waals surface area contributed by atoms with E-state index in [1.807, 2.05) is 26.8 Å². The Morgan fingerprint density at radius 3 is 2.70 bits per heavy atom. The fourth-order valence-electron chi connectivity index (χ4n) is 3.39. The number of aryl methyl sites for hydroxylation is 1.